The Morgan fingerprint density at radius 2 is 1.68 bits per heavy atom. The molecular formula is C16H35NO2. The summed E-state index contributed by atoms with van der Waals surface area (Å²) in [7, 11) is 0. The van der Waals surface area contributed by atoms with Gasteiger partial charge in [-0.05, 0) is 30.6 Å². The molecule has 0 radical (unpaired) electrons. The van der Waals surface area contributed by atoms with Crippen molar-refractivity contribution < 1.29 is 9.84 Å². The van der Waals surface area contributed by atoms with Gasteiger partial charge < -0.3 is 15.2 Å². The van der Waals surface area contributed by atoms with Crippen LogP contribution in [0.3, 0.4) is 0 Å². The molecule has 0 aromatic rings. The predicted molar refractivity (Wildman–Crippen MR) is 82.4 cm³/mol. The van der Waals surface area contributed by atoms with Crippen LogP contribution < -0.4 is 5.32 Å². The van der Waals surface area contributed by atoms with E-state index in [9.17, 15) is 5.11 Å². The molecule has 0 heterocycles. The average molecular weight is 273 g/mol. The van der Waals surface area contributed by atoms with Crippen molar-refractivity contribution in [2.45, 2.75) is 67.1 Å². The van der Waals surface area contributed by atoms with Gasteiger partial charge in [0, 0.05) is 13.1 Å². The maximum atomic E-state index is 9.88. The first kappa shape index (κ1) is 18.9. The van der Waals surface area contributed by atoms with Crippen molar-refractivity contribution in [1.82, 2.24) is 5.32 Å². The minimum absolute atomic E-state index is 0.224. The van der Waals surface area contributed by atoms with Crippen LogP contribution in [0.4, 0.5) is 0 Å². The molecule has 0 spiro atoms. The Kier molecular flexibility index (Phi) is 8.88. The van der Waals surface area contributed by atoms with Gasteiger partial charge in [0.1, 0.15) is 0 Å². The summed E-state index contributed by atoms with van der Waals surface area (Å²) in [5, 5.41) is 13.2. The Balaban J connectivity index is 3.73. The van der Waals surface area contributed by atoms with Gasteiger partial charge in [-0.3, -0.25) is 0 Å². The molecule has 2 N–H and O–H groups in total. The third-order valence-corrected chi connectivity index (χ3v) is 3.90. The van der Waals surface area contributed by atoms with E-state index in [2.05, 4.69) is 53.8 Å². The van der Waals surface area contributed by atoms with Crippen molar-refractivity contribution in [3.05, 3.63) is 0 Å². The second kappa shape index (κ2) is 8.93. The molecular weight excluding hydrogens is 238 g/mol. The van der Waals surface area contributed by atoms with E-state index in [1.54, 1.807) is 0 Å². The summed E-state index contributed by atoms with van der Waals surface area (Å²) in [6.45, 7) is 17.3. The van der Waals surface area contributed by atoms with E-state index in [-0.39, 0.29) is 11.5 Å². The predicted octanol–water partition coefficient (Wildman–Crippen LogP) is 3.07. The molecule has 0 amide bonds. The summed E-state index contributed by atoms with van der Waals surface area (Å²) in [5.74, 6) is 1.26. The molecule has 0 aromatic carbocycles. The lowest BCUT2D eigenvalue weighted by Gasteiger charge is -2.30. The summed E-state index contributed by atoms with van der Waals surface area (Å²) < 4.78 is 5.65. The fraction of sp³-hybridized carbons (Fsp3) is 1.00. The third-order valence-electron chi connectivity index (χ3n) is 3.90. The van der Waals surface area contributed by atoms with Gasteiger partial charge in [-0.2, -0.15) is 0 Å². The van der Waals surface area contributed by atoms with E-state index in [0.29, 0.717) is 25.0 Å². The molecule has 0 aliphatic rings. The van der Waals surface area contributed by atoms with Crippen molar-refractivity contribution in [2.75, 3.05) is 19.7 Å². The van der Waals surface area contributed by atoms with Crippen LogP contribution in [0.5, 0.6) is 0 Å². The van der Waals surface area contributed by atoms with Crippen LogP contribution in [0.1, 0.15) is 54.9 Å². The van der Waals surface area contributed by atoms with Crippen LogP contribution in [-0.2, 0) is 4.74 Å². The van der Waals surface area contributed by atoms with E-state index < -0.39 is 6.10 Å². The van der Waals surface area contributed by atoms with Crippen molar-refractivity contribution in [3.8, 4) is 0 Å². The van der Waals surface area contributed by atoms with Crippen LogP contribution in [0.15, 0.2) is 0 Å². The van der Waals surface area contributed by atoms with E-state index >= 15 is 0 Å². The summed E-state index contributed by atoms with van der Waals surface area (Å²) in [6, 6.07) is 0. The largest absolute Gasteiger partial charge is 0.389 e. The van der Waals surface area contributed by atoms with Gasteiger partial charge >= 0.3 is 0 Å². The molecule has 0 bridgehead atoms. The Bertz CT molecular complexity index is 227. The molecule has 2 unspecified atom stereocenters. The van der Waals surface area contributed by atoms with Crippen molar-refractivity contribution in [2.24, 2.45) is 17.3 Å². The maximum Gasteiger partial charge on any atom is 0.0897 e. The number of hydrogen-bond acceptors (Lipinski definition) is 3. The molecule has 0 aromatic heterocycles. The number of ether oxygens (including phenoxy) is 1. The van der Waals surface area contributed by atoms with Crippen LogP contribution in [0, 0.1) is 17.3 Å². The fourth-order valence-electron chi connectivity index (χ4n) is 1.83. The first-order valence-electron chi connectivity index (χ1n) is 7.65. The van der Waals surface area contributed by atoms with Gasteiger partial charge in [0.2, 0.25) is 0 Å². The van der Waals surface area contributed by atoms with E-state index in [1.807, 2.05) is 0 Å². The van der Waals surface area contributed by atoms with Gasteiger partial charge in [0.25, 0.3) is 0 Å². The molecule has 19 heavy (non-hydrogen) atoms. The lowest BCUT2D eigenvalue weighted by molar-refractivity contribution is -0.00931. The highest BCUT2D eigenvalue weighted by atomic mass is 16.5. The Morgan fingerprint density at radius 1 is 1.11 bits per heavy atom. The molecule has 0 fully saturated rings. The molecule has 0 saturated heterocycles. The highest BCUT2D eigenvalue weighted by Gasteiger charge is 2.22. The summed E-state index contributed by atoms with van der Waals surface area (Å²) in [4.78, 5) is 0. The zero-order chi connectivity index (χ0) is 15.1. The topological polar surface area (TPSA) is 41.5 Å². The van der Waals surface area contributed by atoms with Crippen molar-refractivity contribution >= 4 is 0 Å². The number of rotatable bonds is 10. The normalized spacial score (nSPS) is 16.1. The second-order valence-corrected chi connectivity index (χ2v) is 7.20. The molecule has 0 aliphatic heterocycles. The maximum absolute atomic E-state index is 9.88. The minimum atomic E-state index is -0.419. The quantitative estimate of drug-likeness (QED) is 0.643. The molecule has 0 rings (SSSR count). The van der Waals surface area contributed by atoms with E-state index in [4.69, 9.17) is 4.74 Å². The SMILES string of the molecule is CC(C)CC(C)OCC(O)CNCC(C)(C)C(C)C. The van der Waals surface area contributed by atoms with Crippen LogP contribution in [0.2, 0.25) is 0 Å². The summed E-state index contributed by atoms with van der Waals surface area (Å²) >= 11 is 0. The van der Waals surface area contributed by atoms with Gasteiger partial charge in [0.05, 0.1) is 18.8 Å². The average Bonchev–Trinajstić information content (AvgIpc) is 2.25. The smallest absolute Gasteiger partial charge is 0.0897 e. The van der Waals surface area contributed by atoms with Crippen LogP contribution >= 0.6 is 0 Å². The van der Waals surface area contributed by atoms with E-state index in [0.717, 1.165) is 13.0 Å². The summed E-state index contributed by atoms with van der Waals surface area (Å²) in [5.41, 5.74) is 0.255. The Hall–Kier alpha value is -0.120. The van der Waals surface area contributed by atoms with E-state index in [1.165, 1.54) is 0 Å². The lowest BCUT2D eigenvalue weighted by Crippen LogP contribution is -2.39. The second-order valence-electron chi connectivity index (χ2n) is 7.20. The molecule has 3 nitrogen and oxygen atoms in total. The standard InChI is InChI=1S/C16H35NO2/c1-12(2)8-14(5)19-10-15(18)9-17-11-16(6,7)13(3)4/h12-15,17-18H,8-11H2,1-7H3. The minimum Gasteiger partial charge on any atom is -0.389 e. The number of nitrogens with one attached hydrogen (secondary N) is 1. The van der Waals surface area contributed by atoms with Crippen LogP contribution in [-0.4, -0.2) is 37.0 Å². The fourth-order valence-corrected chi connectivity index (χ4v) is 1.83. The molecule has 2 atom stereocenters. The van der Waals surface area contributed by atoms with Crippen molar-refractivity contribution in [3.63, 3.8) is 0 Å². The Labute approximate surface area is 120 Å². The zero-order valence-electron chi connectivity index (χ0n) is 14.0. The summed E-state index contributed by atoms with van der Waals surface area (Å²) in [6.07, 6.45) is 0.847. The monoisotopic (exact) mass is 273 g/mol. The van der Waals surface area contributed by atoms with Crippen molar-refractivity contribution in [1.29, 1.82) is 0 Å². The van der Waals surface area contributed by atoms with Crippen LogP contribution in [0.25, 0.3) is 0 Å². The van der Waals surface area contributed by atoms with Gasteiger partial charge in [-0.1, -0.05) is 41.5 Å². The molecule has 0 saturated carbocycles. The van der Waals surface area contributed by atoms with Gasteiger partial charge in [0.15, 0.2) is 0 Å². The molecule has 3 heteroatoms. The number of aliphatic hydroxyl groups is 1. The first-order valence-corrected chi connectivity index (χ1v) is 7.65. The van der Waals surface area contributed by atoms with Gasteiger partial charge in [-0.25, -0.2) is 0 Å². The Morgan fingerprint density at radius 3 is 2.16 bits per heavy atom. The van der Waals surface area contributed by atoms with Gasteiger partial charge in [-0.15, -0.1) is 0 Å². The number of aliphatic hydroxyl groups excluding tert-OH is 1. The number of hydrogen-bond donors (Lipinski definition) is 2. The molecule has 0 aliphatic carbocycles. The first-order chi connectivity index (χ1) is 8.65. The zero-order valence-corrected chi connectivity index (χ0v) is 14.0. The lowest BCUT2D eigenvalue weighted by atomic mass is 9.81. The molecule has 116 valence electrons. The third kappa shape index (κ3) is 9.42. The highest BCUT2D eigenvalue weighted by Crippen LogP contribution is 2.24. The highest BCUT2D eigenvalue weighted by molar-refractivity contribution is 4.75.